The largest absolute Gasteiger partial charge is 0.351 e. The molecule has 1 aromatic carbocycles. The van der Waals surface area contributed by atoms with Gasteiger partial charge < -0.3 is 20.4 Å². The number of urea groups is 1. The molecule has 4 amide bonds. The molecule has 7 heteroatoms. The SMILES string of the molecule is Cc1cccc(C(=O)N2CCN(C(=O)CC3CCN(C(N)=O)CC3)CC2)c1C. The van der Waals surface area contributed by atoms with E-state index in [0.29, 0.717) is 51.6 Å². The Balaban J connectivity index is 1.48. The van der Waals surface area contributed by atoms with E-state index in [4.69, 9.17) is 5.73 Å². The molecule has 0 radical (unpaired) electrons. The average Bonchev–Trinajstić information content (AvgIpc) is 2.70. The highest BCUT2D eigenvalue weighted by Crippen LogP contribution is 2.22. The standard InChI is InChI=1S/C21H30N4O3/c1-15-4-3-5-18(16(15)2)20(27)24-12-10-23(11-13-24)19(26)14-17-6-8-25(9-7-17)21(22)28/h3-5,17H,6-14H2,1-2H3,(H2,22,28). The van der Waals surface area contributed by atoms with Crippen LogP contribution < -0.4 is 5.73 Å². The first-order chi connectivity index (χ1) is 13.4. The highest BCUT2D eigenvalue weighted by molar-refractivity contribution is 5.96. The summed E-state index contributed by atoms with van der Waals surface area (Å²) in [4.78, 5) is 42.0. The first-order valence-electron chi connectivity index (χ1n) is 10.0. The maximum Gasteiger partial charge on any atom is 0.314 e. The third-order valence-corrected chi connectivity index (χ3v) is 6.14. The van der Waals surface area contributed by atoms with Gasteiger partial charge in [0.1, 0.15) is 0 Å². The molecule has 0 aliphatic carbocycles. The van der Waals surface area contributed by atoms with Crippen LogP contribution in [0.1, 0.15) is 40.7 Å². The van der Waals surface area contributed by atoms with Crippen molar-refractivity contribution in [3.05, 3.63) is 34.9 Å². The molecule has 0 spiro atoms. The molecule has 0 unspecified atom stereocenters. The third kappa shape index (κ3) is 4.46. The minimum Gasteiger partial charge on any atom is -0.351 e. The van der Waals surface area contributed by atoms with Crippen LogP contribution in [0.15, 0.2) is 18.2 Å². The fourth-order valence-corrected chi connectivity index (χ4v) is 4.05. The Morgan fingerprint density at radius 2 is 1.54 bits per heavy atom. The van der Waals surface area contributed by atoms with Gasteiger partial charge in [-0.2, -0.15) is 0 Å². The van der Waals surface area contributed by atoms with Crippen molar-refractivity contribution in [1.29, 1.82) is 0 Å². The molecule has 2 heterocycles. The number of hydrogen-bond donors (Lipinski definition) is 1. The van der Waals surface area contributed by atoms with Crippen LogP contribution >= 0.6 is 0 Å². The summed E-state index contributed by atoms with van der Waals surface area (Å²) in [6.07, 6.45) is 2.15. The summed E-state index contributed by atoms with van der Waals surface area (Å²) >= 11 is 0. The van der Waals surface area contributed by atoms with Crippen molar-refractivity contribution in [1.82, 2.24) is 14.7 Å². The van der Waals surface area contributed by atoms with Crippen molar-refractivity contribution in [2.45, 2.75) is 33.1 Å². The zero-order valence-electron chi connectivity index (χ0n) is 16.8. The lowest BCUT2D eigenvalue weighted by Crippen LogP contribution is -2.51. The van der Waals surface area contributed by atoms with Crippen molar-refractivity contribution in [3.8, 4) is 0 Å². The van der Waals surface area contributed by atoms with Gasteiger partial charge in [-0.1, -0.05) is 12.1 Å². The predicted molar refractivity (Wildman–Crippen MR) is 107 cm³/mol. The van der Waals surface area contributed by atoms with E-state index < -0.39 is 0 Å². The van der Waals surface area contributed by atoms with Crippen LogP contribution in [-0.2, 0) is 4.79 Å². The van der Waals surface area contributed by atoms with E-state index in [9.17, 15) is 14.4 Å². The van der Waals surface area contributed by atoms with Crippen molar-refractivity contribution >= 4 is 17.8 Å². The van der Waals surface area contributed by atoms with Gasteiger partial charge in [0.05, 0.1) is 0 Å². The van der Waals surface area contributed by atoms with Crippen LogP contribution in [0.25, 0.3) is 0 Å². The van der Waals surface area contributed by atoms with Crippen molar-refractivity contribution < 1.29 is 14.4 Å². The lowest BCUT2D eigenvalue weighted by Gasteiger charge is -2.36. The number of carbonyl (C=O) groups excluding carboxylic acids is 3. The highest BCUT2D eigenvalue weighted by atomic mass is 16.2. The van der Waals surface area contributed by atoms with Gasteiger partial charge in [-0.05, 0) is 49.8 Å². The number of nitrogens with zero attached hydrogens (tertiary/aromatic N) is 3. The van der Waals surface area contributed by atoms with E-state index in [1.54, 1.807) is 4.90 Å². The molecule has 2 fully saturated rings. The van der Waals surface area contributed by atoms with Crippen LogP contribution in [-0.4, -0.2) is 71.8 Å². The lowest BCUT2D eigenvalue weighted by atomic mass is 9.93. The molecule has 0 aromatic heterocycles. The maximum absolute atomic E-state index is 12.8. The number of piperidine rings is 1. The smallest absolute Gasteiger partial charge is 0.314 e. The van der Waals surface area contributed by atoms with Gasteiger partial charge in [-0.15, -0.1) is 0 Å². The van der Waals surface area contributed by atoms with Crippen LogP contribution in [0.2, 0.25) is 0 Å². The Hall–Kier alpha value is -2.57. The second-order valence-electron chi connectivity index (χ2n) is 7.89. The molecule has 152 valence electrons. The van der Waals surface area contributed by atoms with E-state index in [2.05, 4.69) is 0 Å². The minimum atomic E-state index is -0.380. The van der Waals surface area contributed by atoms with E-state index in [1.165, 1.54) is 0 Å². The highest BCUT2D eigenvalue weighted by Gasteiger charge is 2.28. The number of benzene rings is 1. The lowest BCUT2D eigenvalue weighted by molar-refractivity contribution is -0.134. The first kappa shape index (κ1) is 20.2. The number of carbonyl (C=O) groups is 3. The molecule has 2 saturated heterocycles. The number of hydrogen-bond acceptors (Lipinski definition) is 3. The summed E-state index contributed by atoms with van der Waals surface area (Å²) in [6.45, 7) is 7.54. The first-order valence-corrected chi connectivity index (χ1v) is 10.0. The Bertz CT molecular complexity index is 748. The summed E-state index contributed by atoms with van der Waals surface area (Å²) < 4.78 is 0. The fourth-order valence-electron chi connectivity index (χ4n) is 4.05. The van der Waals surface area contributed by atoms with E-state index in [1.807, 2.05) is 41.8 Å². The fraction of sp³-hybridized carbons (Fsp3) is 0.571. The Labute approximate surface area is 166 Å². The summed E-state index contributed by atoms with van der Waals surface area (Å²) in [6, 6.07) is 5.42. The van der Waals surface area contributed by atoms with E-state index in [0.717, 1.165) is 29.5 Å². The van der Waals surface area contributed by atoms with Gasteiger partial charge in [-0.25, -0.2) is 4.79 Å². The molecular weight excluding hydrogens is 356 g/mol. The van der Waals surface area contributed by atoms with Gasteiger partial charge in [0.25, 0.3) is 5.91 Å². The molecular formula is C21H30N4O3. The van der Waals surface area contributed by atoms with Gasteiger partial charge >= 0.3 is 6.03 Å². The quantitative estimate of drug-likeness (QED) is 0.859. The van der Waals surface area contributed by atoms with Gasteiger partial charge in [-0.3, -0.25) is 9.59 Å². The second kappa shape index (κ2) is 8.63. The normalized spacial score (nSPS) is 18.3. The topological polar surface area (TPSA) is 87.0 Å². The Morgan fingerprint density at radius 1 is 0.929 bits per heavy atom. The summed E-state index contributed by atoms with van der Waals surface area (Å²) in [5.41, 5.74) is 8.19. The molecule has 7 nitrogen and oxygen atoms in total. The minimum absolute atomic E-state index is 0.0483. The Kier molecular flexibility index (Phi) is 6.21. The third-order valence-electron chi connectivity index (χ3n) is 6.14. The van der Waals surface area contributed by atoms with E-state index >= 15 is 0 Å². The zero-order valence-corrected chi connectivity index (χ0v) is 16.8. The van der Waals surface area contributed by atoms with Crippen molar-refractivity contribution in [2.75, 3.05) is 39.3 Å². The van der Waals surface area contributed by atoms with Crippen molar-refractivity contribution in [2.24, 2.45) is 11.7 Å². The molecule has 3 rings (SSSR count). The second-order valence-corrected chi connectivity index (χ2v) is 7.89. The van der Waals surface area contributed by atoms with Gasteiger partial charge in [0.2, 0.25) is 5.91 Å². The van der Waals surface area contributed by atoms with Crippen LogP contribution in [0.3, 0.4) is 0 Å². The average molecular weight is 386 g/mol. The van der Waals surface area contributed by atoms with Crippen LogP contribution in [0.4, 0.5) is 4.79 Å². The zero-order chi connectivity index (χ0) is 20.3. The summed E-state index contributed by atoms with van der Waals surface area (Å²) in [7, 11) is 0. The molecule has 0 saturated carbocycles. The Morgan fingerprint density at radius 3 is 2.14 bits per heavy atom. The number of amides is 4. The number of likely N-dealkylation sites (tertiary alicyclic amines) is 1. The number of piperazine rings is 1. The number of primary amides is 1. The summed E-state index contributed by atoms with van der Waals surface area (Å²) in [5, 5.41) is 0. The molecule has 2 aliphatic rings. The molecule has 1 aromatic rings. The van der Waals surface area contributed by atoms with E-state index in [-0.39, 0.29) is 17.8 Å². The molecule has 0 atom stereocenters. The molecule has 2 N–H and O–H groups in total. The monoisotopic (exact) mass is 386 g/mol. The van der Waals surface area contributed by atoms with Crippen molar-refractivity contribution in [3.63, 3.8) is 0 Å². The molecule has 0 bridgehead atoms. The molecule has 28 heavy (non-hydrogen) atoms. The maximum atomic E-state index is 12.8. The van der Waals surface area contributed by atoms with Crippen LogP contribution in [0, 0.1) is 19.8 Å². The van der Waals surface area contributed by atoms with Crippen LogP contribution in [0.5, 0.6) is 0 Å². The summed E-state index contributed by atoms with van der Waals surface area (Å²) in [5.74, 6) is 0.501. The number of rotatable bonds is 3. The number of nitrogens with two attached hydrogens (primary N) is 1. The number of aryl methyl sites for hydroxylation is 1. The van der Waals surface area contributed by atoms with Gasteiger partial charge in [0.15, 0.2) is 0 Å². The predicted octanol–water partition coefficient (Wildman–Crippen LogP) is 1.77. The van der Waals surface area contributed by atoms with Gasteiger partial charge in [0, 0.05) is 51.3 Å². The molecule has 2 aliphatic heterocycles.